The van der Waals surface area contributed by atoms with Crippen LogP contribution >= 0.6 is 0 Å². The highest BCUT2D eigenvalue weighted by Crippen LogP contribution is 2.04. The Kier molecular flexibility index (Phi) is 4.33. The van der Waals surface area contributed by atoms with Gasteiger partial charge in [0, 0.05) is 44.6 Å². The van der Waals surface area contributed by atoms with Crippen LogP contribution < -0.4 is 0 Å². The topological polar surface area (TPSA) is 61.6 Å². The quantitative estimate of drug-likeness (QED) is 0.772. The highest BCUT2D eigenvalue weighted by atomic mass is 16.3. The summed E-state index contributed by atoms with van der Waals surface area (Å²) in [4.78, 5) is 16.1. The Hall–Kier alpha value is -1.40. The molecule has 0 radical (unpaired) electrons. The number of hydrogen-bond donors (Lipinski definition) is 1. The lowest BCUT2D eigenvalue weighted by atomic mass is 10.3. The van der Waals surface area contributed by atoms with Gasteiger partial charge in [-0.3, -0.25) is 14.4 Å². The van der Waals surface area contributed by atoms with E-state index < -0.39 is 0 Å². The van der Waals surface area contributed by atoms with Gasteiger partial charge >= 0.3 is 0 Å². The van der Waals surface area contributed by atoms with Gasteiger partial charge in [0.25, 0.3) is 0 Å². The maximum Gasteiger partial charge on any atom is 0.244 e. The number of piperazine rings is 1. The zero-order chi connectivity index (χ0) is 13.0. The van der Waals surface area contributed by atoms with Crippen molar-refractivity contribution in [2.75, 3.05) is 39.3 Å². The minimum Gasteiger partial charge on any atom is -0.395 e. The first-order valence-corrected chi connectivity index (χ1v) is 6.30. The van der Waals surface area contributed by atoms with Crippen LogP contribution in [0.2, 0.25) is 0 Å². The monoisotopic (exact) mass is 252 g/mol. The summed E-state index contributed by atoms with van der Waals surface area (Å²) in [6, 6.07) is 1.90. The molecule has 1 N–H and O–H groups in total. The van der Waals surface area contributed by atoms with Crippen LogP contribution in [0.3, 0.4) is 0 Å². The third-order valence-electron chi connectivity index (χ3n) is 3.36. The van der Waals surface area contributed by atoms with Crippen LogP contribution in [0.25, 0.3) is 0 Å². The van der Waals surface area contributed by atoms with Crippen LogP contribution in [0.5, 0.6) is 0 Å². The average Bonchev–Trinajstić information content (AvgIpc) is 2.76. The van der Waals surface area contributed by atoms with Crippen molar-refractivity contribution in [2.24, 2.45) is 0 Å². The van der Waals surface area contributed by atoms with Crippen LogP contribution in [-0.4, -0.2) is 69.9 Å². The van der Waals surface area contributed by atoms with Crippen molar-refractivity contribution < 1.29 is 9.90 Å². The fourth-order valence-corrected chi connectivity index (χ4v) is 2.15. The first-order valence-electron chi connectivity index (χ1n) is 6.30. The molecule has 0 atom stereocenters. The van der Waals surface area contributed by atoms with Crippen LogP contribution in [0.4, 0.5) is 0 Å². The van der Waals surface area contributed by atoms with Gasteiger partial charge in [0.1, 0.15) is 6.54 Å². The Morgan fingerprint density at radius 1 is 1.39 bits per heavy atom. The molecule has 2 heterocycles. The Labute approximate surface area is 107 Å². The summed E-state index contributed by atoms with van der Waals surface area (Å²) in [6.07, 6.45) is 1.71. The number of rotatable bonds is 4. The second-order valence-corrected chi connectivity index (χ2v) is 4.58. The number of aromatic nitrogens is 2. The summed E-state index contributed by atoms with van der Waals surface area (Å²) >= 11 is 0. The predicted molar refractivity (Wildman–Crippen MR) is 67.1 cm³/mol. The molecule has 0 spiro atoms. The summed E-state index contributed by atoms with van der Waals surface area (Å²) in [7, 11) is 0. The number of aryl methyl sites for hydroxylation is 1. The maximum absolute atomic E-state index is 12.1. The van der Waals surface area contributed by atoms with E-state index in [0.29, 0.717) is 13.1 Å². The maximum atomic E-state index is 12.1. The summed E-state index contributed by atoms with van der Waals surface area (Å²) in [6.45, 7) is 6.28. The molecule has 6 nitrogen and oxygen atoms in total. The van der Waals surface area contributed by atoms with E-state index in [1.807, 2.05) is 17.9 Å². The largest absolute Gasteiger partial charge is 0.395 e. The van der Waals surface area contributed by atoms with Gasteiger partial charge in [-0.2, -0.15) is 5.10 Å². The molecule has 1 saturated heterocycles. The Morgan fingerprint density at radius 3 is 2.67 bits per heavy atom. The van der Waals surface area contributed by atoms with E-state index in [1.165, 1.54) is 0 Å². The first-order chi connectivity index (χ1) is 8.70. The van der Waals surface area contributed by atoms with E-state index in [-0.39, 0.29) is 12.5 Å². The van der Waals surface area contributed by atoms with Gasteiger partial charge in [0.15, 0.2) is 0 Å². The Balaban J connectivity index is 1.83. The fraction of sp³-hybridized carbons (Fsp3) is 0.667. The molecule has 0 bridgehead atoms. The molecular weight excluding hydrogens is 232 g/mol. The minimum atomic E-state index is 0.116. The average molecular weight is 252 g/mol. The third-order valence-corrected chi connectivity index (χ3v) is 3.36. The molecule has 100 valence electrons. The summed E-state index contributed by atoms with van der Waals surface area (Å²) in [5, 5.41) is 13.0. The molecule has 2 rings (SSSR count). The van der Waals surface area contributed by atoms with Crippen molar-refractivity contribution in [3.05, 3.63) is 18.0 Å². The van der Waals surface area contributed by atoms with E-state index in [2.05, 4.69) is 10.00 Å². The van der Waals surface area contributed by atoms with Crippen molar-refractivity contribution in [3.63, 3.8) is 0 Å². The first kappa shape index (κ1) is 13.0. The molecule has 0 aliphatic carbocycles. The molecular formula is C12H20N4O2. The molecule has 0 unspecified atom stereocenters. The van der Waals surface area contributed by atoms with Gasteiger partial charge in [0.05, 0.1) is 6.61 Å². The Morgan fingerprint density at radius 2 is 2.11 bits per heavy atom. The molecule has 1 aromatic rings. The van der Waals surface area contributed by atoms with Gasteiger partial charge in [-0.25, -0.2) is 0 Å². The van der Waals surface area contributed by atoms with Gasteiger partial charge in [-0.05, 0) is 13.0 Å². The second kappa shape index (κ2) is 5.97. The van der Waals surface area contributed by atoms with Crippen LogP contribution in [0.15, 0.2) is 12.3 Å². The molecule has 18 heavy (non-hydrogen) atoms. The van der Waals surface area contributed by atoms with Crippen molar-refractivity contribution in [1.29, 1.82) is 0 Å². The number of carbonyl (C=O) groups excluding carboxylic acids is 1. The van der Waals surface area contributed by atoms with Crippen molar-refractivity contribution >= 4 is 5.91 Å². The second-order valence-electron chi connectivity index (χ2n) is 4.58. The van der Waals surface area contributed by atoms with Gasteiger partial charge in [0.2, 0.25) is 5.91 Å². The van der Waals surface area contributed by atoms with Crippen LogP contribution in [0.1, 0.15) is 5.69 Å². The molecule has 1 aliphatic rings. The Bertz CT molecular complexity index is 397. The lowest BCUT2D eigenvalue weighted by molar-refractivity contribution is -0.133. The fourth-order valence-electron chi connectivity index (χ4n) is 2.15. The number of amides is 1. The number of β-amino-alcohol motifs (C(OH)–C–C–N with tert-alkyl or cyclic N) is 1. The van der Waals surface area contributed by atoms with Crippen LogP contribution in [-0.2, 0) is 11.3 Å². The van der Waals surface area contributed by atoms with Crippen LogP contribution in [0, 0.1) is 6.92 Å². The number of nitrogens with zero attached hydrogens (tertiary/aromatic N) is 4. The van der Waals surface area contributed by atoms with E-state index in [4.69, 9.17) is 5.11 Å². The van der Waals surface area contributed by atoms with E-state index in [0.717, 1.165) is 31.9 Å². The molecule has 0 saturated carbocycles. The highest BCUT2D eigenvalue weighted by molar-refractivity contribution is 5.76. The lowest BCUT2D eigenvalue weighted by Gasteiger charge is -2.34. The molecule has 1 fully saturated rings. The smallest absolute Gasteiger partial charge is 0.244 e. The number of aliphatic hydroxyl groups excluding tert-OH is 1. The predicted octanol–water partition coefficient (Wildman–Crippen LogP) is -0.672. The van der Waals surface area contributed by atoms with Crippen molar-refractivity contribution in [1.82, 2.24) is 19.6 Å². The van der Waals surface area contributed by atoms with Crippen molar-refractivity contribution in [2.45, 2.75) is 13.5 Å². The summed E-state index contributed by atoms with van der Waals surface area (Å²) < 4.78 is 1.72. The molecule has 0 aromatic carbocycles. The molecule has 6 heteroatoms. The summed E-state index contributed by atoms with van der Waals surface area (Å²) in [5.41, 5.74) is 1.00. The standard InChI is InChI=1S/C12H20N4O2/c1-11-2-3-13-16(11)10-12(18)15-6-4-14(5-7-15)8-9-17/h2-3,17H,4-10H2,1H3. The van der Waals surface area contributed by atoms with E-state index >= 15 is 0 Å². The molecule has 1 aliphatic heterocycles. The van der Waals surface area contributed by atoms with Gasteiger partial charge in [-0.15, -0.1) is 0 Å². The number of aliphatic hydroxyl groups is 1. The number of carbonyl (C=O) groups is 1. The van der Waals surface area contributed by atoms with E-state index in [9.17, 15) is 4.79 Å². The minimum absolute atomic E-state index is 0.116. The van der Waals surface area contributed by atoms with Crippen molar-refractivity contribution in [3.8, 4) is 0 Å². The van der Waals surface area contributed by atoms with E-state index in [1.54, 1.807) is 10.9 Å². The number of hydrogen-bond acceptors (Lipinski definition) is 4. The third kappa shape index (κ3) is 3.08. The molecule has 1 aromatic heterocycles. The zero-order valence-electron chi connectivity index (χ0n) is 10.7. The van der Waals surface area contributed by atoms with Gasteiger partial charge < -0.3 is 10.0 Å². The molecule has 1 amide bonds. The normalized spacial score (nSPS) is 17.1. The summed E-state index contributed by atoms with van der Waals surface area (Å²) in [5.74, 6) is 0.116. The zero-order valence-corrected chi connectivity index (χ0v) is 10.7. The SMILES string of the molecule is Cc1ccnn1CC(=O)N1CCN(CCO)CC1. The lowest BCUT2D eigenvalue weighted by Crippen LogP contribution is -2.50. The highest BCUT2D eigenvalue weighted by Gasteiger charge is 2.21. The van der Waals surface area contributed by atoms with Gasteiger partial charge in [-0.1, -0.05) is 0 Å².